The summed E-state index contributed by atoms with van der Waals surface area (Å²) < 4.78 is 5.35. The minimum absolute atomic E-state index is 0.133. The molecule has 128 valence electrons. The van der Waals surface area contributed by atoms with Crippen molar-refractivity contribution >= 4 is 29.5 Å². The van der Waals surface area contributed by atoms with Gasteiger partial charge in [0.05, 0.1) is 5.69 Å². The van der Waals surface area contributed by atoms with Crippen molar-refractivity contribution in [3.05, 3.63) is 53.6 Å². The van der Waals surface area contributed by atoms with E-state index < -0.39 is 0 Å². The number of aldehydes is 1. The van der Waals surface area contributed by atoms with E-state index >= 15 is 0 Å². The first-order chi connectivity index (χ1) is 12.1. The molecule has 1 N–H and O–H groups in total. The second kappa shape index (κ2) is 7.17. The number of nitrogens with zero attached hydrogens (tertiary/aromatic N) is 1. The molecule has 0 aliphatic carbocycles. The van der Waals surface area contributed by atoms with Crippen molar-refractivity contribution in [2.75, 3.05) is 23.4 Å². The minimum atomic E-state index is -0.327. The van der Waals surface area contributed by atoms with Gasteiger partial charge in [-0.1, -0.05) is 19.1 Å². The van der Waals surface area contributed by atoms with Gasteiger partial charge in [0, 0.05) is 11.3 Å². The lowest BCUT2D eigenvalue weighted by Crippen LogP contribution is -2.43. The molecule has 6 heteroatoms. The fraction of sp³-hybridized carbons (Fsp3) is 0.211. The first kappa shape index (κ1) is 16.7. The maximum atomic E-state index is 12.3. The van der Waals surface area contributed by atoms with E-state index in [1.807, 2.05) is 24.3 Å². The third kappa shape index (κ3) is 3.68. The van der Waals surface area contributed by atoms with Crippen molar-refractivity contribution in [1.82, 2.24) is 0 Å². The number of fused-ring (bicyclic) bond motifs is 1. The lowest BCUT2D eigenvalue weighted by atomic mass is 10.1. The molecule has 0 saturated carbocycles. The highest BCUT2D eigenvalue weighted by Gasteiger charge is 2.27. The Balaban J connectivity index is 1.76. The fourth-order valence-electron chi connectivity index (χ4n) is 2.63. The van der Waals surface area contributed by atoms with Gasteiger partial charge in [0.2, 0.25) is 5.91 Å². The standard InChI is InChI=1S/C19H18N2O4/c1-2-13-3-6-15(7-4-13)20-18(23)10-21-16-9-14(11-22)5-8-17(16)25-12-19(21)24/h3-9,11H,2,10,12H2,1H3,(H,20,23). The number of rotatable bonds is 5. The van der Waals surface area contributed by atoms with Crippen molar-refractivity contribution in [2.45, 2.75) is 13.3 Å². The molecule has 0 saturated heterocycles. The molecule has 0 spiro atoms. The number of hydrogen-bond donors (Lipinski definition) is 1. The predicted molar refractivity (Wildman–Crippen MR) is 94.1 cm³/mol. The summed E-state index contributed by atoms with van der Waals surface area (Å²) in [4.78, 5) is 36.8. The normalized spacial score (nSPS) is 13.0. The highest BCUT2D eigenvalue weighted by Crippen LogP contribution is 2.32. The third-order valence-electron chi connectivity index (χ3n) is 4.01. The molecule has 1 aliphatic rings. The molecular weight excluding hydrogens is 320 g/mol. The van der Waals surface area contributed by atoms with Crippen LogP contribution in [-0.4, -0.2) is 31.3 Å². The van der Waals surface area contributed by atoms with Crippen LogP contribution < -0.4 is 15.0 Å². The van der Waals surface area contributed by atoms with Crippen LogP contribution in [-0.2, 0) is 16.0 Å². The Morgan fingerprint density at radius 1 is 1.24 bits per heavy atom. The molecule has 0 bridgehead atoms. The highest BCUT2D eigenvalue weighted by atomic mass is 16.5. The molecule has 0 aromatic heterocycles. The summed E-state index contributed by atoms with van der Waals surface area (Å²) in [5, 5.41) is 2.78. The van der Waals surface area contributed by atoms with Crippen LogP contribution in [0, 0.1) is 0 Å². The smallest absolute Gasteiger partial charge is 0.265 e. The average molecular weight is 338 g/mol. The van der Waals surface area contributed by atoms with Crippen molar-refractivity contribution in [3.63, 3.8) is 0 Å². The van der Waals surface area contributed by atoms with Crippen LogP contribution in [0.25, 0.3) is 0 Å². The van der Waals surface area contributed by atoms with E-state index in [-0.39, 0.29) is 25.0 Å². The number of anilines is 2. The summed E-state index contributed by atoms with van der Waals surface area (Å²) >= 11 is 0. The van der Waals surface area contributed by atoms with E-state index in [9.17, 15) is 14.4 Å². The molecule has 3 rings (SSSR count). The Labute approximate surface area is 145 Å². The van der Waals surface area contributed by atoms with Crippen LogP contribution in [0.3, 0.4) is 0 Å². The Kier molecular flexibility index (Phi) is 4.79. The van der Waals surface area contributed by atoms with Gasteiger partial charge in [0.25, 0.3) is 5.91 Å². The highest BCUT2D eigenvalue weighted by molar-refractivity contribution is 6.05. The van der Waals surface area contributed by atoms with Gasteiger partial charge in [0.15, 0.2) is 6.61 Å². The SMILES string of the molecule is CCc1ccc(NC(=O)CN2C(=O)COc3ccc(C=O)cc32)cc1. The van der Waals surface area contributed by atoms with Crippen molar-refractivity contribution in [2.24, 2.45) is 0 Å². The zero-order valence-corrected chi connectivity index (χ0v) is 13.8. The van der Waals surface area contributed by atoms with Gasteiger partial charge in [-0.3, -0.25) is 19.3 Å². The molecule has 1 aliphatic heterocycles. The summed E-state index contributed by atoms with van der Waals surface area (Å²) in [7, 11) is 0. The molecule has 0 fully saturated rings. The lowest BCUT2D eigenvalue weighted by molar-refractivity contribution is -0.123. The third-order valence-corrected chi connectivity index (χ3v) is 4.01. The monoisotopic (exact) mass is 338 g/mol. The first-order valence-corrected chi connectivity index (χ1v) is 8.02. The molecule has 2 aromatic carbocycles. The maximum Gasteiger partial charge on any atom is 0.265 e. The number of aryl methyl sites for hydroxylation is 1. The molecule has 2 aromatic rings. The van der Waals surface area contributed by atoms with E-state index in [1.54, 1.807) is 18.2 Å². The number of benzene rings is 2. The summed E-state index contributed by atoms with van der Waals surface area (Å²) in [6.45, 7) is 1.78. The Hall–Kier alpha value is -3.15. The van der Waals surface area contributed by atoms with Crippen LogP contribution in [0.1, 0.15) is 22.8 Å². The van der Waals surface area contributed by atoms with E-state index in [2.05, 4.69) is 12.2 Å². The Morgan fingerprint density at radius 2 is 2.00 bits per heavy atom. The second-order valence-electron chi connectivity index (χ2n) is 5.71. The predicted octanol–water partition coefficient (Wildman–Crippen LogP) is 2.43. The van der Waals surface area contributed by atoms with Gasteiger partial charge < -0.3 is 10.1 Å². The quantitative estimate of drug-likeness (QED) is 0.850. The fourth-order valence-corrected chi connectivity index (χ4v) is 2.63. The number of hydrogen-bond acceptors (Lipinski definition) is 4. The van der Waals surface area contributed by atoms with Crippen molar-refractivity contribution in [3.8, 4) is 5.75 Å². The van der Waals surface area contributed by atoms with Gasteiger partial charge in [-0.15, -0.1) is 0 Å². The maximum absolute atomic E-state index is 12.3. The molecule has 2 amide bonds. The van der Waals surface area contributed by atoms with Gasteiger partial charge in [-0.2, -0.15) is 0 Å². The van der Waals surface area contributed by atoms with E-state index in [0.29, 0.717) is 29.0 Å². The minimum Gasteiger partial charge on any atom is -0.482 e. The second-order valence-corrected chi connectivity index (χ2v) is 5.71. The zero-order valence-electron chi connectivity index (χ0n) is 13.8. The van der Waals surface area contributed by atoms with Crippen LogP contribution in [0.2, 0.25) is 0 Å². The van der Waals surface area contributed by atoms with E-state index in [1.165, 1.54) is 10.5 Å². The van der Waals surface area contributed by atoms with Crippen LogP contribution in [0.5, 0.6) is 5.75 Å². The average Bonchev–Trinajstić information content (AvgIpc) is 2.64. The summed E-state index contributed by atoms with van der Waals surface area (Å²) in [5.41, 5.74) is 2.69. The molecule has 0 radical (unpaired) electrons. The van der Waals surface area contributed by atoms with E-state index in [4.69, 9.17) is 4.74 Å². The number of carbonyl (C=O) groups is 3. The summed E-state index contributed by atoms with van der Waals surface area (Å²) in [5.74, 6) is -0.167. The first-order valence-electron chi connectivity index (χ1n) is 8.02. The summed E-state index contributed by atoms with van der Waals surface area (Å²) in [6, 6.07) is 12.3. The molecule has 1 heterocycles. The largest absolute Gasteiger partial charge is 0.482 e. The molecule has 0 unspecified atom stereocenters. The number of amides is 2. The lowest BCUT2D eigenvalue weighted by Gasteiger charge is -2.29. The van der Waals surface area contributed by atoms with Gasteiger partial charge in [-0.05, 0) is 42.3 Å². The molecule has 0 atom stereocenters. The van der Waals surface area contributed by atoms with E-state index in [0.717, 1.165) is 6.42 Å². The van der Waals surface area contributed by atoms with Gasteiger partial charge in [-0.25, -0.2) is 0 Å². The van der Waals surface area contributed by atoms with Crippen molar-refractivity contribution in [1.29, 1.82) is 0 Å². The number of carbonyl (C=O) groups excluding carboxylic acids is 3. The van der Waals surface area contributed by atoms with Gasteiger partial charge in [0.1, 0.15) is 18.6 Å². The zero-order chi connectivity index (χ0) is 17.8. The molecule has 25 heavy (non-hydrogen) atoms. The van der Waals surface area contributed by atoms with Gasteiger partial charge >= 0.3 is 0 Å². The number of ether oxygens (including phenoxy) is 1. The van der Waals surface area contributed by atoms with Crippen LogP contribution in [0.4, 0.5) is 11.4 Å². The Bertz CT molecular complexity index is 815. The molecule has 6 nitrogen and oxygen atoms in total. The van der Waals surface area contributed by atoms with Crippen LogP contribution in [0.15, 0.2) is 42.5 Å². The molecular formula is C19H18N2O4. The number of nitrogens with one attached hydrogen (secondary N) is 1. The van der Waals surface area contributed by atoms with Crippen LogP contribution >= 0.6 is 0 Å². The van der Waals surface area contributed by atoms with Crippen molar-refractivity contribution < 1.29 is 19.1 Å². The Morgan fingerprint density at radius 3 is 2.68 bits per heavy atom. The summed E-state index contributed by atoms with van der Waals surface area (Å²) in [6.07, 6.45) is 1.61. The topological polar surface area (TPSA) is 75.7 Å².